The normalized spacial score (nSPS) is 24.1. The van der Waals surface area contributed by atoms with Gasteiger partial charge in [0.1, 0.15) is 0 Å². The lowest BCUT2D eigenvalue weighted by atomic mass is 10.1. The van der Waals surface area contributed by atoms with Crippen LogP contribution in [0.2, 0.25) is 0 Å². The summed E-state index contributed by atoms with van der Waals surface area (Å²) >= 11 is 3.34. The maximum absolute atomic E-state index is 5.91. The van der Waals surface area contributed by atoms with Crippen molar-refractivity contribution in [2.24, 2.45) is 0 Å². The minimum atomic E-state index is -0.114. The number of ether oxygens (including phenoxy) is 3. The Hall–Kier alpha value is -0.420. The zero-order valence-corrected chi connectivity index (χ0v) is 12.0. The summed E-state index contributed by atoms with van der Waals surface area (Å²) in [7, 11) is 0. The molecule has 100 valence electrons. The average molecular weight is 315 g/mol. The van der Waals surface area contributed by atoms with Crippen LogP contribution in [0.25, 0.3) is 0 Å². The molecule has 0 saturated carbocycles. The van der Waals surface area contributed by atoms with Crippen LogP contribution in [0.4, 0.5) is 0 Å². The lowest BCUT2D eigenvalue weighted by Gasteiger charge is -2.29. The highest BCUT2D eigenvalue weighted by Crippen LogP contribution is 2.19. The Morgan fingerprint density at radius 3 is 2.83 bits per heavy atom. The number of rotatable bonds is 6. The molecule has 0 amide bonds. The monoisotopic (exact) mass is 314 g/mol. The maximum atomic E-state index is 5.91. The largest absolute Gasteiger partial charge is 0.373 e. The third-order valence-electron chi connectivity index (χ3n) is 2.91. The van der Waals surface area contributed by atoms with Crippen molar-refractivity contribution in [3.63, 3.8) is 0 Å². The molecular weight excluding hydrogens is 296 g/mol. The smallest absolute Gasteiger partial charge is 0.160 e. The van der Waals surface area contributed by atoms with Crippen LogP contribution in [-0.2, 0) is 20.8 Å². The van der Waals surface area contributed by atoms with Gasteiger partial charge >= 0.3 is 0 Å². The van der Waals surface area contributed by atoms with Gasteiger partial charge in [0.25, 0.3) is 0 Å². The minimum Gasteiger partial charge on any atom is -0.373 e. The Morgan fingerprint density at radius 1 is 1.22 bits per heavy atom. The predicted molar refractivity (Wildman–Crippen MR) is 73.7 cm³/mol. The van der Waals surface area contributed by atoms with E-state index in [4.69, 9.17) is 14.2 Å². The molecule has 2 atom stereocenters. The van der Waals surface area contributed by atoms with E-state index < -0.39 is 0 Å². The molecule has 2 rings (SSSR count). The van der Waals surface area contributed by atoms with E-state index in [2.05, 4.69) is 28.1 Å². The van der Waals surface area contributed by atoms with Gasteiger partial charge in [-0.25, -0.2) is 0 Å². The molecule has 0 bridgehead atoms. The molecule has 1 heterocycles. The molecule has 0 unspecified atom stereocenters. The molecule has 1 fully saturated rings. The van der Waals surface area contributed by atoms with Gasteiger partial charge < -0.3 is 14.2 Å². The van der Waals surface area contributed by atoms with E-state index in [1.807, 2.05) is 18.2 Å². The Bertz CT molecular complexity index is 331. The van der Waals surface area contributed by atoms with Crippen molar-refractivity contribution >= 4 is 15.9 Å². The predicted octanol–water partition coefficient (Wildman–Crippen LogP) is 3.12. The fourth-order valence-corrected chi connectivity index (χ4v) is 2.15. The summed E-state index contributed by atoms with van der Waals surface area (Å²) in [5, 5.41) is 0.836. The molecule has 0 aliphatic carbocycles. The summed E-state index contributed by atoms with van der Waals surface area (Å²) in [6.07, 6.45) is 1.89. The highest BCUT2D eigenvalue weighted by molar-refractivity contribution is 9.09. The van der Waals surface area contributed by atoms with Crippen molar-refractivity contribution in [1.82, 2.24) is 0 Å². The maximum Gasteiger partial charge on any atom is 0.160 e. The summed E-state index contributed by atoms with van der Waals surface area (Å²) in [6.45, 7) is 2.05. The van der Waals surface area contributed by atoms with Gasteiger partial charge in [-0.15, -0.1) is 0 Å². The van der Waals surface area contributed by atoms with Crippen LogP contribution < -0.4 is 0 Å². The minimum absolute atomic E-state index is 0.114. The average Bonchev–Trinajstić information content (AvgIpc) is 2.44. The van der Waals surface area contributed by atoms with E-state index in [9.17, 15) is 0 Å². The molecule has 0 spiro atoms. The molecule has 1 aromatic rings. The molecular formula is C14H19BrO3. The van der Waals surface area contributed by atoms with E-state index in [1.54, 1.807) is 0 Å². The van der Waals surface area contributed by atoms with Gasteiger partial charge in [0, 0.05) is 11.8 Å². The van der Waals surface area contributed by atoms with Crippen LogP contribution in [0.5, 0.6) is 0 Å². The Kier molecular flexibility index (Phi) is 6.14. The number of hydrogen-bond donors (Lipinski definition) is 0. The van der Waals surface area contributed by atoms with E-state index in [1.165, 1.54) is 5.56 Å². The highest BCUT2D eigenvalue weighted by atomic mass is 79.9. The van der Waals surface area contributed by atoms with Gasteiger partial charge in [-0.05, 0) is 12.0 Å². The molecule has 3 nitrogen and oxygen atoms in total. The van der Waals surface area contributed by atoms with Gasteiger partial charge in [0.15, 0.2) is 6.29 Å². The third-order valence-corrected chi connectivity index (χ3v) is 3.23. The summed E-state index contributed by atoms with van der Waals surface area (Å²) in [6, 6.07) is 10.2. The highest BCUT2D eigenvalue weighted by Gasteiger charge is 2.23. The molecule has 1 saturated heterocycles. The summed E-state index contributed by atoms with van der Waals surface area (Å²) in [4.78, 5) is 0. The Balaban J connectivity index is 1.72. The van der Waals surface area contributed by atoms with E-state index in [0.717, 1.165) is 18.2 Å². The van der Waals surface area contributed by atoms with Crippen molar-refractivity contribution in [2.75, 3.05) is 18.5 Å². The van der Waals surface area contributed by atoms with Crippen molar-refractivity contribution < 1.29 is 14.2 Å². The number of hydrogen-bond acceptors (Lipinski definition) is 3. The molecule has 18 heavy (non-hydrogen) atoms. The second kappa shape index (κ2) is 7.89. The standard InChI is InChI=1S/C14H19BrO3/c15-7-9-17-14-10-13(6-8-16-14)18-11-12-4-2-1-3-5-12/h1-5,13-14H,6-11H2/t13-,14-/m0/s1. The Labute approximate surface area is 117 Å². The molecule has 4 heteroatoms. The number of benzene rings is 1. The molecule has 1 aliphatic rings. The van der Waals surface area contributed by atoms with Crippen molar-refractivity contribution in [1.29, 1.82) is 0 Å². The second-order valence-corrected chi connectivity index (χ2v) is 5.10. The van der Waals surface area contributed by atoms with Gasteiger partial charge in [-0.1, -0.05) is 46.3 Å². The summed E-state index contributed by atoms with van der Waals surface area (Å²) in [5.74, 6) is 0. The first-order chi connectivity index (χ1) is 8.88. The second-order valence-electron chi connectivity index (χ2n) is 4.30. The lowest BCUT2D eigenvalue weighted by molar-refractivity contribution is -0.191. The molecule has 0 aromatic heterocycles. The van der Waals surface area contributed by atoms with Crippen LogP contribution in [-0.4, -0.2) is 30.9 Å². The zero-order chi connectivity index (χ0) is 12.6. The van der Waals surface area contributed by atoms with Gasteiger partial charge in [-0.3, -0.25) is 0 Å². The SMILES string of the molecule is BrCCO[C@H]1C[C@@H](OCc2ccccc2)CCO1. The van der Waals surface area contributed by atoms with Crippen molar-refractivity contribution in [3.05, 3.63) is 35.9 Å². The first kappa shape index (κ1) is 14.0. The van der Waals surface area contributed by atoms with Crippen molar-refractivity contribution in [2.45, 2.75) is 31.8 Å². The lowest BCUT2D eigenvalue weighted by Crippen LogP contribution is -2.33. The summed E-state index contributed by atoms with van der Waals surface area (Å²) in [5.41, 5.74) is 1.21. The third kappa shape index (κ3) is 4.69. The number of halogens is 1. The van der Waals surface area contributed by atoms with Crippen LogP contribution in [0.3, 0.4) is 0 Å². The first-order valence-electron chi connectivity index (χ1n) is 6.33. The van der Waals surface area contributed by atoms with Crippen LogP contribution >= 0.6 is 15.9 Å². The fourth-order valence-electron chi connectivity index (χ4n) is 1.96. The van der Waals surface area contributed by atoms with E-state index in [0.29, 0.717) is 19.8 Å². The Morgan fingerprint density at radius 2 is 2.06 bits per heavy atom. The van der Waals surface area contributed by atoms with Gasteiger partial charge in [0.2, 0.25) is 0 Å². The zero-order valence-electron chi connectivity index (χ0n) is 10.4. The van der Waals surface area contributed by atoms with E-state index in [-0.39, 0.29) is 12.4 Å². The van der Waals surface area contributed by atoms with Gasteiger partial charge in [0.05, 0.1) is 25.9 Å². The number of alkyl halides is 1. The molecule has 1 aromatic carbocycles. The van der Waals surface area contributed by atoms with Crippen molar-refractivity contribution in [3.8, 4) is 0 Å². The van der Waals surface area contributed by atoms with Crippen LogP contribution in [0, 0.1) is 0 Å². The molecule has 0 N–H and O–H groups in total. The van der Waals surface area contributed by atoms with E-state index >= 15 is 0 Å². The molecule has 0 radical (unpaired) electrons. The quantitative estimate of drug-likeness (QED) is 0.755. The first-order valence-corrected chi connectivity index (χ1v) is 7.45. The molecule has 1 aliphatic heterocycles. The topological polar surface area (TPSA) is 27.7 Å². The van der Waals surface area contributed by atoms with Gasteiger partial charge in [-0.2, -0.15) is 0 Å². The van der Waals surface area contributed by atoms with Crippen LogP contribution in [0.15, 0.2) is 30.3 Å². The fraction of sp³-hybridized carbons (Fsp3) is 0.571. The van der Waals surface area contributed by atoms with Crippen LogP contribution in [0.1, 0.15) is 18.4 Å². The summed E-state index contributed by atoms with van der Waals surface area (Å²) < 4.78 is 17.0.